The summed E-state index contributed by atoms with van der Waals surface area (Å²) in [6.45, 7) is 7.83. The molecule has 0 aromatic heterocycles. The molecule has 0 radical (unpaired) electrons. The summed E-state index contributed by atoms with van der Waals surface area (Å²) in [6.07, 6.45) is 4.11. The standard InChI is InChI=1S/C16H31N3O3/c1-13(2)16(21)17-8-4-5-9-19-10-6-14(7-11-19)18-15(20)12-22-3/h13-14H,4-12H2,1-3H3,(H,17,21)(H,18,20). The molecule has 0 saturated carbocycles. The molecule has 6 heteroatoms. The first kappa shape index (κ1) is 18.9. The Morgan fingerprint density at radius 1 is 1.23 bits per heavy atom. The fourth-order valence-electron chi connectivity index (χ4n) is 2.58. The third-order valence-electron chi connectivity index (χ3n) is 3.95. The summed E-state index contributed by atoms with van der Waals surface area (Å²) in [4.78, 5) is 25.3. The normalized spacial score (nSPS) is 16.7. The number of carbonyl (C=O) groups excluding carboxylic acids is 2. The second kappa shape index (κ2) is 10.6. The summed E-state index contributed by atoms with van der Waals surface area (Å²) < 4.78 is 4.82. The van der Waals surface area contributed by atoms with Crippen LogP contribution in [0.1, 0.15) is 39.5 Å². The van der Waals surface area contributed by atoms with Gasteiger partial charge in [0.1, 0.15) is 6.61 Å². The molecule has 2 N–H and O–H groups in total. The van der Waals surface area contributed by atoms with Crippen molar-refractivity contribution in [2.75, 3.05) is 39.9 Å². The van der Waals surface area contributed by atoms with Gasteiger partial charge in [0.2, 0.25) is 11.8 Å². The summed E-state index contributed by atoms with van der Waals surface area (Å²) in [7, 11) is 1.53. The van der Waals surface area contributed by atoms with Gasteiger partial charge in [0.05, 0.1) is 0 Å². The number of hydrogen-bond donors (Lipinski definition) is 2. The number of nitrogens with one attached hydrogen (secondary N) is 2. The fraction of sp³-hybridized carbons (Fsp3) is 0.875. The van der Waals surface area contributed by atoms with E-state index in [1.54, 1.807) is 0 Å². The van der Waals surface area contributed by atoms with Gasteiger partial charge in [-0.25, -0.2) is 0 Å². The van der Waals surface area contributed by atoms with Crippen LogP contribution < -0.4 is 10.6 Å². The van der Waals surface area contributed by atoms with Gasteiger partial charge in [0, 0.05) is 38.7 Å². The van der Waals surface area contributed by atoms with E-state index < -0.39 is 0 Å². The van der Waals surface area contributed by atoms with Gasteiger partial charge >= 0.3 is 0 Å². The Balaban J connectivity index is 2.04. The van der Waals surface area contributed by atoms with E-state index in [1.165, 1.54) is 7.11 Å². The highest BCUT2D eigenvalue weighted by molar-refractivity contribution is 5.77. The molecule has 1 aliphatic heterocycles. The van der Waals surface area contributed by atoms with E-state index in [1.807, 2.05) is 13.8 Å². The minimum absolute atomic E-state index is 0.0261. The Labute approximate surface area is 134 Å². The Bertz CT molecular complexity index is 340. The maximum absolute atomic E-state index is 11.5. The van der Waals surface area contributed by atoms with Gasteiger partial charge in [-0.2, -0.15) is 0 Å². The van der Waals surface area contributed by atoms with Crippen molar-refractivity contribution in [1.29, 1.82) is 0 Å². The first-order valence-electron chi connectivity index (χ1n) is 8.31. The number of amides is 2. The first-order chi connectivity index (χ1) is 10.5. The lowest BCUT2D eigenvalue weighted by Crippen LogP contribution is -2.45. The minimum atomic E-state index is -0.0261. The molecule has 0 aromatic carbocycles. The van der Waals surface area contributed by atoms with Crippen LogP contribution in [0.2, 0.25) is 0 Å². The number of carbonyl (C=O) groups is 2. The van der Waals surface area contributed by atoms with Crippen LogP contribution in [0.15, 0.2) is 0 Å². The Morgan fingerprint density at radius 2 is 1.91 bits per heavy atom. The summed E-state index contributed by atoms with van der Waals surface area (Å²) in [6, 6.07) is 0.282. The van der Waals surface area contributed by atoms with Crippen molar-refractivity contribution in [3.05, 3.63) is 0 Å². The van der Waals surface area contributed by atoms with Crippen molar-refractivity contribution in [2.24, 2.45) is 5.92 Å². The van der Waals surface area contributed by atoms with Crippen molar-refractivity contribution >= 4 is 11.8 Å². The molecule has 0 aromatic rings. The van der Waals surface area contributed by atoms with Gasteiger partial charge in [0.25, 0.3) is 0 Å². The minimum Gasteiger partial charge on any atom is -0.375 e. The zero-order valence-electron chi connectivity index (χ0n) is 14.2. The molecule has 0 unspecified atom stereocenters. The molecule has 2 amide bonds. The number of ether oxygens (including phenoxy) is 1. The van der Waals surface area contributed by atoms with E-state index in [9.17, 15) is 9.59 Å². The number of rotatable bonds is 9. The van der Waals surface area contributed by atoms with E-state index in [2.05, 4.69) is 15.5 Å². The second-order valence-electron chi connectivity index (χ2n) is 6.27. The molecular formula is C16H31N3O3. The average Bonchev–Trinajstić information content (AvgIpc) is 2.48. The van der Waals surface area contributed by atoms with E-state index >= 15 is 0 Å². The summed E-state index contributed by atoms with van der Waals surface area (Å²) in [5, 5.41) is 5.95. The third-order valence-corrected chi connectivity index (χ3v) is 3.95. The average molecular weight is 313 g/mol. The van der Waals surface area contributed by atoms with Gasteiger partial charge in [-0.15, -0.1) is 0 Å². The molecule has 0 spiro atoms. The maximum Gasteiger partial charge on any atom is 0.246 e. The quantitative estimate of drug-likeness (QED) is 0.617. The number of methoxy groups -OCH3 is 1. The van der Waals surface area contributed by atoms with Crippen LogP contribution in [-0.4, -0.2) is 62.7 Å². The predicted molar refractivity (Wildman–Crippen MR) is 86.6 cm³/mol. The Morgan fingerprint density at radius 3 is 2.50 bits per heavy atom. The fourth-order valence-corrected chi connectivity index (χ4v) is 2.58. The molecule has 0 aliphatic carbocycles. The van der Waals surface area contributed by atoms with Gasteiger partial charge in [-0.1, -0.05) is 13.8 Å². The second-order valence-corrected chi connectivity index (χ2v) is 6.27. The van der Waals surface area contributed by atoms with E-state index in [0.29, 0.717) is 0 Å². The number of nitrogens with zero attached hydrogens (tertiary/aromatic N) is 1. The van der Waals surface area contributed by atoms with Crippen molar-refractivity contribution in [3.63, 3.8) is 0 Å². The summed E-state index contributed by atoms with van der Waals surface area (Å²) >= 11 is 0. The highest BCUT2D eigenvalue weighted by Gasteiger charge is 2.20. The largest absolute Gasteiger partial charge is 0.375 e. The SMILES string of the molecule is COCC(=O)NC1CCN(CCCCNC(=O)C(C)C)CC1. The highest BCUT2D eigenvalue weighted by Crippen LogP contribution is 2.11. The van der Waals surface area contributed by atoms with Crippen LogP contribution in [0, 0.1) is 5.92 Å². The van der Waals surface area contributed by atoms with E-state index in [0.717, 1.165) is 51.9 Å². The third kappa shape index (κ3) is 7.75. The molecule has 6 nitrogen and oxygen atoms in total. The van der Waals surface area contributed by atoms with E-state index in [4.69, 9.17) is 4.74 Å². The molecule has 0 bridgehead atoms. The van der Waals surface area contributed by atoms with Crippen LogP contribution in [0.5, 0.6) is 0 Å². The lowest BCUT2D eigenvalue weighted by atomic mass is 10.0. The Kier molecular flexibility index (Phi) is 9.08. The molecule has 128 valence electrons. The maximum atomic E-state index is 11.5. The predicted octanol–water partition coefficient (Wildman–Crippen LogP) is 0.766. The van der Waals surface area contributed by atoms with Crippen molar-refractivity contribution in [1.82, 2.24) is 15.5 Å². The van der Waals surface area contributed by atoms with Gasteiger partial charge in [0.15, 0.2) is 0 Å². The Hall–Kier alpha value is -1.14. The molecule has 1 heterocycles. The zero-order chi connectivity index (χ0) is 16.4. The monoisotopic (exact) mass is 313 g/mol. The molecule has 1 saturated heterocycles. The topological polar surface area (TPSA) is 70.7 Å². The van der Waals surface area contributed by atoms with Gasteiger partial charge in [-0.3, -0.25) is 9.59 Å². The number of unbranched alkanes of at least 4 members (excludes halogenated alkanes) is 1. The number of hydrogen-bond acceptors (Lipinski definition) is 4. The van der Waals surface area contributed by atoms with Crippen molar-refractivity contribution < 1.29 is 14.3 Å². The van der Waals surface area contributed by atoms with Crippen molar-refractivity contribution in [2.45, 2.75) is 45.6 Å². The number of likely N-dealkylation sites (tertiary alicyclic amines) is 1. The number of piperidine rings is 1. The zero-order valence-corrected chi connectivity index (χ0v) is 14.2. The van der Waals surface area contributed by atoms with Crippen LogP contribution in [0.25, 0.3) is 0 Å². The van der Waals surface area contributed by atoms with E-state index in [-0.39, 0.29) is 30.4 Å². The lowest BCUT2D eigenvalue weighted by Gasteiger charge is -2.32. The van der Waals surface area contributed by atoms with Crippen LogP contribution in [0.4, 0.5) is 0 Å². The van der Waals surface area contributed by atoms with Crippen LogP contribution >= 0.6 is 0 Å². The molecule has 0 atom stereocenters. The first-order valence-corrected chi connectivity index (χ1v) is 8.31. The lowest BCUT2D eigenvalue weighted by molar-refractivity contribution is -0.126. The van der Waals surface area contributed by atoms with Crippen molar-refractivity contribution in [3.8, 4) is 0 Å². The smallest absolute Gasteiger partial charge is 0.246 e. The summed E-state index contributed by atoms with van der Waals surface area (Å²) in [5.74, 6) is 0.168. The van der Waals surface area contributed by atoms with Crippen LogP contribution in [0.3, 0.4) is 0 Å². The van der Waals surface area contributed by atoms with Gasteiger partial charge < -0.3 is 20.3 Å². The van der Waals surface area contributed by atoms with Crippen LogP contribution in [-0.2, 0) is 14.3 Å². The molecule has 22 heavy (non-hydrogen) atoms. The highest BCUT2D eigenvalue weighted by atomic mass is 16.5. The molecule has 1 rings (SSSR count). The molecule has 1 aliphatic rings. The summed E-state index contributed by atoms with van der Waals surface area (Å²) in [5.41, 5.74) is 0. The van der Waals surface area contributed by atoms with Gasteiger partial charge in [-0.05, 0) is 32.2 Å². The molecular weight excluding hydrogens is 282 g/mol. The molecule has 1 fully saturated rings.